The van der Waals surface area contributed by atoms with Crippen LogP contribution in [0.4, 0.5) is 0 Å². The highest BCUT2D eigenvalue weighted by Crippen LogP contribution is 2.17. The molecule has 2 rings (SSSR count). The Bertz CT molecular complexity index is 586. The molecule has 0 aliphatic heterocycles. The minimum absolute atomic E-state index is 0.0105. The van der Waals surface area contributed by atoms with Crippen LogP contribution >= 0.6 is 27.7 Å². The summed E-state index contributed by atoms with van der Waals surface area (Å²) in [6.45, 7) is 2.60. The van der Waals surface area contributed by atoms with Gasteiger partial charge in [0.15, 0.2) is 0 Å². The third-order valence-electron chi connectivity index (χ3n) is 2.83. The van der Waals surface area contributed by atoms with E-state index in [0.717, 1.165) is 21.4 Å². The van der Waals surface area contributed by atoms with Gasteiger partial charge in [0.05, 0.1) is 0 Å². The maximum atomic E-state index is 12.1. The summed E-state index contributed by atoms with van der Waals surface area (Å²) in [6.07, 6.45) is 0. The van der Waals surface area contributed by atoms with Gasteiger partial charge in [-0.2, -0.15) is 0 Å². The Hall–Kier alpha value is -1.26. The van der Waals surface area contributed by atoms with E-state index in [4.69, 9.17) is 0 Å². The maximum Gasteiger partial charge on any atom is 0.251 e. The van der Waals surface area contributed by atoms with E-state index in [1.165, 1.54) is 4.90 Å². The summed E-state index contributed by atoms with van der Waals surface area (Å²) in [7, 11) is 0. The molecule has 0 fully saturated rings. The number of carbonyl (C=O) groups is 1. The quantitative estimate of drug-likeness (QED) is 0.644. The second kappa shape index (κ2) is 7.50. The summed E-state index contributed by atoms with van der Waals surface area (Å²) in [4.78, 5) is 13.3. The van der Waals surface area contributed by atoms with Crippen LogP contribution in [0.2, 0.25) is 0 Å². The zero-order valence-corrected chi connectivity index (χ0v) is 13.6. The molecule has 4 heteroatoms. The van der Waals surface area contributed by atoms with Crippen molar-refractivity contribution in [1.29, 1.82) is 0 Å². The first kappa shape index (κ1) is 15.1. The summed E-state index contributed by atoms with van der Waals surface area (Å²) in [6, 6.07) is 15.9. The fourth-order valence-corrected chi connectivity index (χ4v) is 3.09. The van der Waals surface area contributed by atoms with Crippen molar-refractivity contribution in [2.75, 3.05) is 12.3 Å². The van der Waals surface area contributed by atoms with Crippen molar-refractivity contribution in [2.24, 2.45) is 0 Å². The van der Waals surface area contributed by atoms with Crippen LogP contribution in [0.15, 0.2) is 57.9 Å². The van der Waals surface area contributed by atoms with Crippen molar-refractivity contribution in [3.63, 3.8) is 0 Å². The highest BCUT2D eigenvalue weighted by Gasteiger charge is 2.08. The van der Waals surface area contributed by atoms with E-state index >= 15 is 0 Å². The summed E-state index contributed by atoms with van der Waals surface area (Å²) in [5.74, 6) is 0.856. The van der Waals surface area contributed by atoms with Gasteiger partial charge in [-0.05, 0) is 42.8 Å². The van der Waals surface area contributed by atoms with Gasteiger partial charge in [-0.3, -0.25) is 4.79 Å². The molecule has 0 saturated heterocycles. The van der Waals surface area contributed by atoms with E-state index < -0.39 is 0 Å². The van der Waals surface area contributed by atoms with Gasteiger partial charge < -0.3 is 5.32 Å². The number of aryl methyl sites for hydroxylation is 1. The highest BCUT2D eigenvalue weighted by atomic mass is 79.9. The van der Waals surface area contributed by atoms with E-state index in [1.807, 2.05) is 43.3 Å². The monoisotopic (exact) mass is 349 g/mol. The van der Waals surface area contributed by atoms with Crippen molar-refractivity contribution in [2.45, 2.75) is 11.8 Å². The van der Waals surface area contributed by atoms with Gasteiger partial charge in [0.25, 0.3) is 5.91 Å². The molecule has 0 aliphatic rings. The molecule has 0 radical (unpaired) electrons. The largest absolute Gasteiger partial charge is 0.351 e. The number of benzene rings is 2. The van der Waals surface area contributed by atoms with Gasteiger partial charge in [-0.25, -0.2) is 0 Å². The lowest BCUT2D eigenvalue weighted by Crippen LogP contribution is -2.26. The SMILES string of the molecule is Cc1cc(Br)ccc1C(=O)NCCSc1ccccc1. The predicted molar refractivity (Wildman–Crippen MR) is 88.4 cm³/mol. The molecule has 0 unspecified atom stereocenters. The van der Waals surface area contributed by atoms with Crippen molar-refractivity contribution < 1.29 is 4.79 Å². The molecule has 0 spiro atoms. The van der Waals surface area contributed by atoms with Gasteiger partial charge in [0.1, 0.15) is 0 Å². The number of hydrogen-bond acceptors (Lipinski definition) is 2. The zero-order chi connectivity index (χ0) is 14.4. The molecule has 20 heavy (non-hydrogen) atoms. The molecular weight excluding hydrogens is 334 g/mol. The van der Waals surface area contributed by atoms with E-state index in [9.17, 15) is 4.79 Å². The average Bonchev–Trinajstić information content (AvgIpc) is 2.44. The summed E-state index contributed by atoms with van der Waals surface area (Å²) >= 11 is 5.14. The Balaban J connectivity index is 1.80. The zero-order valence-electron chi connectivity index (χ0n) is 11.2. The second-order valence-electron chi connectivity index (χ2n) is 4.38. The van der Waals surface area contributed by atoms with Crippen LogP contribution in [0.1, 0.15) is 15.9 Å². The first-order valence-corrected chi connectivity index (χ1v) is 8.17. The van der Waals surface area contributed by atoms with E-state index in [1.54, 1.807) is 11.8 Å². The van der Waals surface area contributed by atoms with Crippen LogP contribution < -0.4 is 5.32 Å². The van der Waals surface area contributed by atoms with Crippen LogP contribution in [0, 0.1) is 6.92 Å². The first-order valence-electron chi connectivity index (χ1n) is 6.39. The van der Waals surface area contributed by atoms with Gasteiger partial charge in [0, 0.05) is 27.2 Å². The molecule has 2 nitrogen and oxygen atoms in total. The highest BCUT2D eigenvalue weighted by molar-refractivity contribution is 9.10. The molecule has 0 bridgehead atoms. The normalized spacial score (nSPS) is 10.3. The molecule has 2 aromatic carbocycles. The van der Waals surface area contributed by atoms with Crippen molar-refractivity contribution in [3.05, 3.63) is 64.1 Å². The molecule has 0 heterocycles. The minimum Gasteiger partial charge on any atom is -0.351 e. The van der Waals surface area contributed by atoms with Crippen LogP contribution in [-0.2, 0) is 0 Å². The second-order valence-corrected chi connectivity index (χ2v) is 6.46. The summed E-state index contributed by atoms with van der Waals surface area (Å²) < 4.78 is 0.992. The molecule has 0 aliphatic carbocycles. The molecule has 104 valence electrons. The minimum atomic E-state index is -0.0105. The first-order chi connectivity index (χ1) is 9.66. The molecule has 2 aromatic rings. The van der Waals surface area contributed by atoms with E-state index in [0.29, 0.717) is 6.54 Å². The Morgan fingerprint density at radius 1 is 1.20 bits per heavy atom. The Morgan fingerprint density at radius 2 is 1.95 bits per heavy atom. The van der Waals surface area contributed by atoms with Crippen molar-refractivity contribution in [3.8, 4) is 0 Å². The van der Waals surface area contributed by atoms with Crippen LogP contribution in [0.25, 0.3) is 0 Å². The summed E-state index contributed by atoms with van der Waals surface area (Å²) in [5.41, 5.74) is 1.71. The number of rotatable bonds is 5. The Kier molecular flexibility index (Phi) is 5.68. The fourth-order valence-electron chi connectivity index (χ4n) is 1.83. The van der Waals surface area contributed by atoms with Crippen LogP contribution in [0.3, 0.4) is 0 Å². The number of nitrogens with one attached hydrogen (secondary N) is 1. The lowest BCUT2D eigenvalue weighted by Gasteiger charge is -2.08. The number of halogens is 1. The Morgan fingerprint density at radius 3 is 2.65 bits per heavy atom. The number of amides is 1. The maximum absolute atomic E-state index is 12.1. The fraction of sp³-hybridized carbons (Fsp3) is 0.188. The van der Waals surface area contributed by atoms with Gasteiger partial charge in [0.2, 0.25) is 0 Å². The van der Waals surface area contributed by atoms with Gasteiger partial charge in [-0.15, -0.1) is 11.8 Å². The van der Waals surface area contributed by atoms with Crippen molar-refractivity contribution >= 4 is 33.6 Å². The summed E-state index contributed by atoms with van der Waals surface area (Å²) in [5, 5.41) is 2.95. The smallest absolute Gasteiger partial charge is 0.251 e. The molecule has 0 aromatic heterocycles. The number of carbonyl (C=O) groups excluding carboxylic acids is 1. The van der Waals surface area contributed by atoms with Crippen molar-refractivity contribution in [1.82, 2.24) is 5.32 Å². The standard InChI is InChI=1S/C16H16BrNOS/c1-12-11-13(17)7-8-15(12)16(19)18-9-10-20-14-5-3-2-4-6-14/h2-8,11H,9-10H2,1H3,(H,18,19). The van der Waals surface area contributed by atoms with Gasteiger partial charge >= 0.3 is 0 Å². The predicted octanol–water partition coefficient (Wildman–Crippen LogP) is 4.28. The van der Waals surface area contributed by atoms with E-state index in [-0.39, 0.29) is 5.91 Å². The Labute approximate surface area is 132 Å². The molecular formula is C16H16BrNOS. The lowest BCUT2D eigenvalue weighted by atomic mass is 10.1. The van der Waals surface area contributed by atoms with Gasteiger partial charge in [-0.1, -0.05) is 34.1 Å². The topological polar surface area (TPSA) is 29.1 Å². The average molecular weight is 350 g/mol. The number of thioether (sulfide) groups is 1. The van der Waals surface area contributed by atoms with Crippen LogP contribution in [-0.4, -0.2) is 18.2 Å². The molecule has 0 saturated carbocycles. The number of hydrogen-bond donors (Lipinski definition) is 1. The third kappa shape index (κ3) is 4.39. The molecule has 1 N–H and O–H groups in total. The van der Waals surface area contributed by atoms with E-state index in [2.05, 4.69) is 33.4 Å². The molecule has 0 atom stereocenters. The van der Waals surface area contributed by atoms with Crippen LogP contribution in [0.5, 0.6) is 0 Å². The lowest BCUT2D eigenvalue weighted by molar-refractivity contribution is 0.0955. The third-order valence-corrected chi connectivity index (χ3v) is 4.34. The molecule has 1 amide bonds.